The minimum absolute atomic E-state index is 0.0158. The summed E-state index contributed by atoms with van der Waals surface area (Å²) in [6.07, 6.45) is 4.36. The summed E-state index contributed by atoms with van der Waals surface area (Å²) >= 11 is 0. The van der Waals surface area contributed by atoms with Crippen molar-refractivity contribution in [2.45, 2.75) is 26.3 Å². The molecule has 1 saturated heterocycles. The van der Waals surface area contributed by atoms with E-state index in [1.54, 1.807) is 10.6 Å². The van der Waals surface area contributed by atoms with Gasteiger partial charge in [0, 0.05) is 54.7 Å². The van der Waals surface area contributed by atoms with Crippen LogP contribution in [0.5, 0.6) is 0 Å². The van der Waals surface area contributed by atoms with Gasteiger partial charge in [-0.1, -0.05) is 0 Å². The standard InChI is InChI=1S/C20H22N4O/c1-2-24-18-13-19(21-14-15(18)5-10-20(24)25)22-16-6-8-17(9-7-16)23-11-3-4-12-23/h5-10,13-14H,2-4,11-12H2,1H3,(H,21,22). The van der Waals surface area contributed by atoms with Gasteiger partial charge in [0.05, 0.1) is 5.52 Å². The summed E-state index contributed by atoms with van der Waals surface area (Å²) in [5, 5.41) is 4.31. The summed E-state index contributed by atoms with van der Waals surface area (Å²) in [5.41, 5.74) is 3.19. The van der Waals surface area contributed by atoms with Crippen LogP contribution in [-0.4, -0.2) is 22.6 Å². The van der Waals surface area contributed by atoms with Crippen molar-refractivity contribution >= 4 is 28.1 Å². The van der Waals surface area contributed by atoms with Crippen molar-refractivity contribution in [3.05, 3.63) is 59.0 Å². The molecule has 1 N–H and O–H groups in total. The Hall–Kier alpha value is -2.82. The zero-order chi connectivity index (χ0) is 17.2. The Bertz CT molecular complexity index is 940. The third kappa shape index (κ3) is 3.09. The molecule has 0 radical (unpaired) electrons. The van der Waals surface area contributed by atoms with E-state index in [2.05, 4.69) is 39.5 Å². The maximum Gasteiger partial charge on any atom is 0.251 e. The largest absolute Gasteiger partial charge is 0.372 e. The molecule has 1 fully saturated rings. The summed E-state index contributed by atoms with van der Waals surface area (Å²) in [4.78, 5) is 18.9. The molecule has 0 atom stereocenters. The quantitative estimate of drug-likeness (QED) is 0.789. The fourth-order valence-corrected chi connectivity index (χ4v) is 3.46. The molecule has 5 heteroatoms. The molecule has 0 amide bonds. The number of nitrogens with one attached hydrogen (secondary N) is 1. The van der Waals surface area contributed by atoms with E-state index in [0.29, 0.717) is 6.54 Å². The van der Waals surface area contributed by atoms with Crippen LogP contribution in [-0.2, 0) is 6.54 Å². The average molecular weight is 334 g/mol. The lowest BCUT2D eigenvalue weighted by atomic mass is 10.2. The van der Waals surface area contributed by atoms with Crippen molar-refractivity contribution in [2.24, 2.45) is 0 Å². The van der Waals surface area contributed by atoms with Gasteiger partial charge in [-0.05, 0) is 50.1 Å². The van der Waals surface area contributed by atoms with Crippen LogP contribution >= 0.6 is 0 Å². The molecule has 0 saturated carbocycles. The van der Waals surface area contributed by atoms with Gasteiger partial charge in [0.25, 0.3) is 5.56 Å². The van der Waals surface area contributed by atoms with Gasteiger partial charge in [-0.2, -0.15) is 0 Å². The van der Waals surface area contributed by atoms with E-state index < -0.39 is 0 Å². The summed E-state index contributed by atoms with van der Waals surface area (Å²) < 4.78 is 1.76. The van der Waals surface area contributed by atoms with Crippen LogP contribution < -0.4 is 15.8 Å². The Labute approximate surface area is 146 Å². The number of aromatic nitrogens is 2. The van der Waals surface area contributed by atoms with Gasteiger partial charge >= 0.3 is 0 Å². The highest BCUT2D eigenvalue weighted by molar-refractivity contribution is 5.81. The molecule has 0 bridgehead atoms. The number of fused-ring (bicyclic) bond motifs is 1. The van der Waals surface area contributed by atoms with Crippen molar-refractivity contribution in [2.75, 3.05) is 23.3 Å². The second-order valence-electron chi connectivity index (χ2n) is 6.41. The van der Waals surface area contributed by atoms with E-state index in [4.69, 9.17) is 0 Å². The smallest absolute Gasteiger partial charge is 0.251 e. The highest BCUT2D eigenvalue weighted by atomic mass is 16.1. The van der Waals surface area contributed by atoms with E-state index >= 15 is 0 Å². The SMILES string of the molecule is CCn1c(=O)ccc2cnc(Nc3ccc(N4CCCC4)cc3)cc21. The first-order chi connectivity index (χ1) is 12.2. The highest BCUT2D eigenvalue weighted by Crippen LogP contribution is 2.24. The summed E-state index contributed by atoms with van der Waals surface area (Å²) in [7, 11) is 0. The predicted molar refractivity (Wildman–Crippen MR) is 103 cm³/mol. The van der Waals surface area contributed by atoms with Gasteiger partial charge in [0.2, 0.25) is 0 Å². The minimum Gasteiger partial charge on any atom is -0.372 e. The van der Waals surface area contributed by atoms with E-state index in [-0.39, 0.29) is 5.56 Å². The topological polar surface area (TPSA) is 50.2 Å². The number of hydrogen-bond donors (Lipinski definition) is 1. The molecule has 1 aliphatic rings. The van der Waals surface area contributed by atoms with Crippen LogP contribution in [0.15, 0.2) is 53.5 Å². The molecule has 1 aromatic carbocycles. The third-order valence-corrected chi connectivity index (χ3v) is 4.80. The van der Waals surface area contributed by atoms with Crippen molar-refractivity contribution in [3.63, 3.8) is 0 Å². The van der Waals surface area contributed by atoms with E-state index in [1.165, 1.54) is 18.5 Å². The lowest BCUT2D eigenvalue weighted by Crippen LogP contribution is -2.18. The molecule has 1 aliphatic heterocycles. The first kappa shape index (κ1) is 15.7. The maximum atomic E-state index is 12.0. The third-order valence-electron chi connectivity index (χ3n) is 4.80. The second-order valence-corrected chi connectivity index (χ2v) is 6.41. The van der Waals surface area contributed by atoms with Crippen LogP contribution in [0.2, 0.25) is 0 Å². The van der Waals surface area contributed by atoms with Crippen molar-refractivity contribution < 1.29 is 0 Å². The second kappa shape index (κ2) is 6.59. The lowest BCUT2D eigenvalue weighted by Gasteiger charge is -2.18. The molecular weight excluding hydrogens is 312 g/mol. The Kier molecular flexibility index (Phi) is 4.14. The summed E-state index contributed by atoms with van der Waals surface area (Å²) in [6, 6.07) is 13.8. The van der Waals surface area contributed by atoms with Crippen LogP contribution in [0.4, 0.5) is 17.2 Å². The van der Waals surface area contributed by atoms with E-state index in [1.807, 2.05) is 25.3 Å². The fourth-order valence-electron chi connectivity index (χ4n) is 3.46. The molecule has 128 valence electrons. The molecule has 0 unspecified atom stereocenters. The van der Waals surface area contributed by atoms with Gasteiger partial charge in [-0.3, -0.25) is 4.79 Å². The first-order valence-corrected chi connectivity index (χ1v) is 8.86. The summed E-state index contributed by atoms with van der Waals surface area (Å²) in [5.74, 6) is 0.745. The zero-order valence-corrected chi connectivity index (χ0v) is 14.4. The van der Waals surface area contributed by atoms with Gasteiger partial charge < -0.3 is 14.8 Å². The molecule has 0 aliphatic carbocycles. The monoisotopic (exact) mass is 334 g/mol. The van der Waals surface area contributed by atoms with E-state index in [0.717, 1.165) is 35.5 Å². The number of benzene rings is 1. The normalized spacial score (nSPS) is 14.2. The average Bonchev–Trinajstić information content (AvgIpc) is 3.17. The predicted octanol–water partition coefficient (Wildman–Crippen LogP) is 3.76. The maximum absolute atomic E-state index is 12.0. The molecule has 3 aromatic rings. The Morgan fingerprint density at radius 1 is 1.08 bits per heavy atom. The van der Waals surface area contributed by atoms with E-state index in [9.17, 15) is 4.79 Å². The molecule has 0 spiro atoms. The van der Waals surface area contributed by atoms with Gasteiger partial charge in [-0.15, -0.1) is 0 Å². The first-order valence-electron chi connectivity index (χ1n) is 8.86. The van der Waals surface area contributed by atoms with Gasteiger partial charge in [-0.25, -0.2) is 4.98 Å². The lowest BCUT2D eigenvalue weighted by molar-refractivity contribution is 0.759. The number of anilines is 3. The van der Waals surface area contributed by atoms with Crippen LogP contribution in [0.3, 0.4) is 0 Å². The molecule has 25 heavy (non-hydrogen) atoms. The number of nitrogens with zero attached hydrogens (tertiary/aromatic N) is 3. The molecule has 3 heterocycles. The Balaban J connectivity index is 1.60. The zero-order valence-electron chi connectivity index (χ0n) is 14.4. The van der Waals surface area contributed by atoms with Crippen molar-refractivity contribution in [1.29, 1.82) is 0 Å². The summed E-state index contributed by atoms with van der Waals surface area (Å²) in [6.45, 7) is 4.91. The van der Waals surface area contributed by atoms with Crippen molar-refractivity contribution in [3.8, 4) is 0 Å². The van der Waals surface area contributed by atoms with Gasteiger partial charge in [0.15, 0.2) is 0 Å². The van der Waals surface area contributed by atoms with Crippen molar-refractivity contribution in [1.82, 2.24) is 9.55 Å². The molecule has 4 rings (SSSR count). The number of pyridine rings is 2. The van der Waals surface area contributed by atoms with Crippen LogP contribution in [0.25, 0.3) is 10.9 Å². The molecular formula is C20H22N4O. The molecule has 5 nitrogen and oxygen atoms in total. The Morgan fingerprint density at radius 2 is 1.84 bits per heavy atom. The highest BCUT2D eigenvalue weighted by Gasteiger charge is 2.12. The number of hydrogen-bond acceptors (Lipinski definition) is 4. The minimum atomic E-state index is 0.0158. The Morgan fingerprint density at radius 3 is 2.56 bits per heavy atom. The fraction of sp³-hybridized carbons (Fsp3) is 0.300. The number of aryl methyl sites for hydroxylation is 1. The number of rotatable bonds is 4. The van der Waals surface area contributed by atoms with Crippen LogP contribution in [0.1, 0.15) is 19.8 Å². The molecule has 2 aromatic heterocycles. The van der Waals surface area contributed by atoms with Crippen LogP contribution in [0, 0.1) is 0 Å². The van der Waals surface area contributed by atoms with Gasteiger partial charge in [0.1, 0.15) is 5.82 Å².